The smallest absolute Gasteiger partial charge is 0.173 e. The molecule has 2 heterocycles. The van der Waals surface area contributed by atoms with E-state index in [4.69, 9.17) is 11.6 Å². The monoisotopic (exact) mass is 289 g/mol. The van der Waals surface area contributed by atoms with Crippen molar-refractivity contribution >= 4 is 33.8 Å². The highest BCUT2D eigenvalue weighted by molar-refractivity contribution is 7.15. The van der Waals surface area contributed by atoms with Gasteiger partial charge in [-0.15, -0.1) is 11.3 Å². The quantitative estimate of drug-likeness (QED) is 0.626. The summed E-state index contributed by atoms with van der Waals surface area (Å²) in [6.07, 6.45) is 0. The molecule has 1 aromatic carbocycles. The summed E-state index contributed by atoms with van der Waals surface area (Å²) < 4.78 is 0. The first-order chi connectivity index (χ1) is 9.04. The minimum absolute atomic E-state index is 0.495. The maximum absolute atomic E-state index is 6.28. The van der Waals surface area contributed by atoms with Gasteiger partial charge in [-0.25, -0.2) is 15.0 Å². The van der Waals surface area contributed by atoms with Crippen molar-refractivity contribution in [1.29, 1.82) is 0 Å². The Labute approximate surface area is 120 Å². The van der Waals surface area contributed by atoms with Gasteiger partial charge in [-0.1, -0.05) is 23.2 Å². The fraction of sp³-hybridized carbons (Fsp3) is 0.214. The Kier molecular flexibility index (Phi) is 2.99. The molecule has 0 fully saturated rings. The molecule has 19 heavy (non-hydrogen) atoms. The average molecular weight is 290 g/mol. The minimum Gasteiger partial charge on any atom is -0.246 e. The third-order valence-corrected chi connectivity index (χ3v) is 4.27. The zero-order chi connectivity index (χ0) is 13.6. The van der Waals surface area contributed by atoms with Crippen molar-refractivity contribution in [3.8, 4) is 10.7 Å². The van der Waals surface area contributed by atoms with E-state index in [0.717, 1.165) is 32.0 Å². The molecule has 0 saturated carbocycles. The van der Waals surface area contributed by atoms with E-state index in [2.05, 4.69) is 15.0 Å². The van der Waals surface area contributed by atoms with Gasteiger partial charge in [0.2, 0.25) is 0 Å². The standard InChI is InChI=1S/C14H12ClN3S/c1-7-4-5-11-10(6-7)13(15)18-14(17-11)12-8(2)16-9(3)19-12/h4-6H,1-3H3. The molecule has 0 unspecified atom stereocenters. The van der Waals surface area contributed by atoms with E-state index in [1.165, 1.54) is 0 Å². The Hall–Kier alpha value is -1.52. The highest BCUT2D eigenvalue weighted by atomic mass is 35.5. The lowest BCUT2D eigenvalue weighted by atomic mass is 10.2. The molecule has 0 saturated heterocycles. The van der Waals surface area contributed by atoms with Gasteiger partial charge in [-0.05, 0) is 32.9 Å². The first-order valence-electron chi connectivity index (χ1n) is 5.93. The second kappa shape index (κ2) is 4.54. The summed E-state index contributed by atoms with van der Waals surface area (Å²) >= 11 is 7.87. The molecule has 3 aromatic rings. The first kappa shape index (κ1) is 12.5. The van der Waals surface area contributed by atoms with E-state index in [9.17, 15) is 0 Å². The van der Waals surface area contributed by atoms with Gasteiger partial charge in [0.15, 0.2) is 5.82 Å². The summed E-state index contributed by atoms with van der Waals surface area (Å²) in [4.78, 5) is 14.4. The molecule has 2 aromatic heterocycles. The van der Waals surface area contributed by atoms with Crippen molar-refractivity contribution in [2.75, 3.05) is 0 Å². The van der Waals surface area contributed by atoms with Crippen LogP contribution in [0.15, 0.2) is 18.2 Å². The van der Waals surface area contributed by atoms with Crippen LogP contribution in [0.4, 0.5) is 0 Å². The van der Waals surface area contributed by atoms with Crippen molar-refractivity contribution in [3.63, 3.8) is 0 Å². The molecule has 0 amide bonds. The fourth-order valence-corrected chi connectivity index (χ4v) is 3.13. The molecule has 96 valence electrons. The van der Waals surface area contributed by atoms with Crippen LogP contribution in [0.5, 0.6) is 0 Å². The number of benzene rings is 1. The van der Waals surface area contributed by atoms with Crippen LogP contribution in [0.1, 0.15) is 16.3 Å². The number of halogens is 1. The van der Waals surface area contributed by atoms with Crippen LogP contribution in [0.25, 0.3) is 21.6 Å². The Bertz CT molecular complexity index is 780. The topological polar surface area (TPSA) is 38.7 Å². The first-order valence-corrected chi connectivity index (χ1v) is 7.12. The molecule has 3 rings (SSSR count). The molecule has 0 aliphatic carbocycles. The zero-order valence-corrected chi connectivity index (χ0v) is 12.4. The fourth-order valence-electron chi connectivity index (χ4n) is 2.05. The minimum atomic E-state index is 0.495. The lowest BCUT2D eigenvalue weighted by Gasteiger charge is -2.04. The lowest BCUT2D eigenvalue weighted by Crippen LogP contribution is -1.92. The summed E-state index contributed by atoms with van der Waals surface area (Å²) in [5, 5.41) is 2.40. The van der Waals surface area contributed by atoms with E-state index >= 15 is 0 Å². The van der Waals surface area contributed by atoms with E-state index in [1.54, 1.807) is 11.3 Å². The zero-order valence-electron chi connectivity index (χ0n) is 10.9. The summed E-state index contributed by atoms with van der Waals surface area (Å²) in [7, 11) is 0. The number of hydrogen-bond donors (Lipinski definition) is 0. The number of fused-ring (bicyclic) bond motifs is 1. The van der Waals surface area contributed by atoms with Crippen molar-refractivity contribution in [3.05, 3.63) is 39.6 Å². The van der Waals surface area contributed by atoms with Gasteiger partial charge >= 0.3 is 0 Å². The maximum Gasteiger partial charge on any atom is 0.173 e. The molecule has 3 nitrogen and oxygen atoms in total. The van der Waals surface area contributed by atoms with Crippen LogP contribution in [0.2, 0.25) is 5.15 Å². The van der Waals surface area contributed by atoms with Crippen molar-refractivity contribution in [2.45, 2.75) is 20.8 Å². The van der Waals surface area contributed by atoms with E-state index in [-0.39, 0.29) is 0 Å². The van der Waals surface area contributed by atoms with Crippen LogP contribution in [-0.2, 0) is 0 Å². The average Bonchev–Trinajstić information content (AvgIpc) is 2.69. The van der Waals surface area contributed by atoms with Crippen molar-refractivity contribution in [1.82, 2.24) is 15.0 Å². The number of aryl methyl sites for hydroxylation is 3. The van der Waals surface area contributed by atoms with Crippen LogP contribution in [-0.4, -0.2) is 15.0 Å². The van der Waals surface area contributed by atoms with Gasteiger partial charge < -0.3 is 0 Å². The van der Waals surface area contributed by atoms with E-state index in [1.807, 2.05) is 39.0 Å². The number of rotatable bonds is 1. The predicted molar refractivity (Wildman–Crippen MR) is 79.9 cm³/mol. The molecule has 0 N–H and O–H groups in total. The lowest BCUT2D eigenvalue weighted by molar-refractivity contribution is 1.17. The number of nitrogens with zero attached hydrogens (tertiary/aromatic N) is 3. The van der Waals surface area contributed by atoms with Gasteiger partial charge in [0.05, 0.1) is 21.1 Å². The highest BCUT2D eigenvalue weighted by Crippen LogP contribution is 2.30. The molecule has 0 aliphatic heterocycles. The van der Waals surface area contributed by atoms with Gasteiger partial charge in [-0.3, -0.25) is 0 Å². The van der Waals surface area contributed by atoms with Crippen LogP contribution < -0.4 is 0 Å². The maximum atomic E-state index is 6.28. The van der Waals surface area contributed by atoms with Crippen LogP contribution in [0, 0.1) is 20.8 Å². The molecule has 0 bridgehead atoms. The number of thiazole rings is 1. The molecule has 0 atom stereocenters. The second-order valence-corrected chi connectivity index (χ2v) is 6.07. The highest BCUT2D eigenvalue weighted by Gasteiger charge is 2.13. The molecular formula is C14H12ClN3S. The molecule has 0 radical (unpaired) electrons. The van der Waals surface area contributed by atoms with Crippen molar-refractivity contribution in [2.24, 2.45) is 0 Å². The summed E-state index contributed by atoms with van der Waals surface area (Å²) in [6, 6.07) is 6.01. The summed E-state index contributed by atoms with van der Waals surface area (Å²) in [6.45, 7) is 5.98. The van der Waals surface area contributed by atoms with E-state index < -0.39 is 0 Å². The number of aromatic nitrogens is 3. The Morgan fingerprint density at radius 3 is 2.53 bits per heavy atom. The second-order valence-electron chi connectivity index (χ2n) is 4.51. The summed E-state index contributed by atoms with van der Waals surface area (Å²) in [5.74, 6) is 0.657. The Morgan fingerprint density at radius 2 is 1.84 bits per heavy atom. The predicted octanol–water partition coefficient (Wildman–Crippen LogP) is 4.33. The molecule has 0 aliphatic rings. The van der Waals surface area contributed by atoms with Gasteiger partial charge in [-0.2, -0.15) is 0 Å². The van der Waals surface area contributed by atoms with Gasteiger partial charge in [0, 0.05) is 5.39 Å². The van der Waals surface area contributed by atoms with Crippen molar-refractivity contribution < 1.29 is 0 Å². The normalized spacial score (nSPS) is 11.2. The SMILES string of the molecule is Cc1ccc2nc(-c3sc(C)nc3C)nc(Cl)c2c1. The Balaban J connectivity index is 2.26. The van der Waals surface area contributed by atoms with E-state index in [0.29, 0.717) is 11.0 Å². The van der Waals surface area contributed by atoms with Crippen LogP contribution >= 0.6 is 22.9 Å². The van der Waals surface area contributed by atoms with Gasteiger partial charge in [0.25, 0.3) is 0 Å². The molecule has 5 heteroatoms. The number of hydrogen-bond acceptors (Lipinski definition) is 4. The Morgan fingerprint density at radius 1 is 1.05 bits per heavy atom. The third-order valence-electron chi connectivity index (χ3n) is 2.91. The van der Waals surface area contributed by atoms with Crippen LogP contribution in [0.3, 0.4) is 0 Å². The molecule has 0 spiro atoms. The molecular weight excluding hydrogens is 278 g/mol. The summed E-state index contributed by atoms with van der Waals surface area (Å²) in [5.41, 5.74) is 2.96. The van der Waals surface area contributed by atoms with Gasteiger partial charge in [0.1, 0.15) is 5.15 Å². The largest absolute Gasteiger partial charge is 0.246 e. The third kappa shape index (κ3) is 2.22.